The second-order valence-corrected chi connectivity index (χ2v) is 11.4. The zero-order valence-corrected chi connectivity index (χ0v) is 25.3. The number of nitrogens with one attached hydrogen (secondary N) is 1. The Bertz CT molecular complexity index is 1660. The van der Waals surface area contributed by atoms with Gasteiger partial charge in [-0.3, -0.25) is 9.59 Å². The van der Waals surface area contributed by atoms with Gasteiger partial charge in [-0.25, -0.2) is 4.98 Å². The standard InChI is InChI=1S/C30H30BrClN4O4/c1-6-39-25-14-19(13-22(32)27(25)40-17-26(37)34-23-10-8-7-9-18(23)2)16-33-36-28(38)21-15-20(31)11-12-24(21)35-29(36)30(3,4)5/h7-16H,6,17H2,1-5H3,(H,34,37). The Hall–Kier alpha value is -3.69. The number of para-hydroxylation sites is 1. The van der Waals surface area contributed by atoms with Crippen molar-refractivity contribution in [2.75, 3.05) is 18.5 Å². The molecule has 0 aliphatic carbocycles. The Labute approximate surface area is 246 Å². The number of carbonyl (C=O) groups is 1. The Morgan fingerprint density at radius 2 is 1.90 bits per heavy atom. The number of halogens is 2. The van der Waals surface area contributed by atoms with Crippen molar-refractivity contribution in [1.82, 2.24) is 9.66 Å². The third-order valence-corrected chi connectivity index (χ3v) is 6.67. The van der Waals surface area contributed by atoms with E-state index < -0.39 is 5.41 Å². The van der Waals surface area contributed by atoms with Crippen molar-refractivity contribution < 1.29 is 14.3 Å². The first kappa shape index (κ1) is 29.3. The van der Waals surface area contributed by atoms with Crippen LogP contribution in [0, 0.1) is 6.92 Å². The fourth-order valence-electron chi connectivity index (χ4n) is 3.97. The second-order valence-electron chi connectivity index (χ2n) is 10.1. The first-order valence-electron chi connectivity index (χ1n) is 12.7. The lowest BCUT2D eigenvalue weighted by atomic mass is 9.95. The van der Waals surface area contributed by atoms with Crippen molar-refractivity contribution in [1.29, 1.82) is 0 Å². The summed E-state index contributed by atoms with van der Waals surface area (Å²) in [5.74, 6) is 0.775. The van der Waals surface area contributed by atoms with E-state index in [2.05, 4.69) is 26.3 Å². The molecule has 0 saturated heterocycles. The summed E-state index contributed by atoms with van der Waals surface area (Å²) in [5, 5.41) is 8.02. The summed E-state index contributed by atoms with van der Waals surface area (Å²) < 4.78 is 13.6. The van der Waals surface area contributed by atoms with Crippen molar-refractivity contribution in [3.63, 3.8) is 0 Å². The second kappa shape index (κ2) is 12.2. The average molecular weight is 626 g/mol. The highest BCUT2D eigenvalue weighted by molar-refractivity contribution is 9.10. The zero-order valence-electron chi connectivity index (χ0n) is 22.9. The first-order chi connectivity index (χ1) is 19.0. The van der Waals surface area contributed by atoms with Crippen molar-refractivity contribution in [3.05, 3.63) is 91.4 Å². The van der Waals surface area contributed by atoms with Gasteiger partial charge in [0.25, 0.3) is 11.5 Å². The number of benzene rings is 3. The number of ether oxygens (including phenoxy) is 2. The van der Waals surface area contributed by atoms with Gasteiger partial charge in [0.1, 0.15) is 5.82 Å². The van der Waals surface area contributed by atoms with Crippen molar-refractivity contribution in [2.24, 2.45) is 5.10 Å². The molecule has 8 nitrogen and oxygen atoms in total. The summed E-state index contributed by atoms with van der Waals surface area (Å²) in [5.41, 5.74) is 2.08. The van der Waals surface area contributed by atoms with Crippen LogP contribution in [0.1, 0.15) is 44.6 Å². The smallest absolute Gasteiger partial charge is 0.282 e. The molecule has 4 rings (SSSR count). The van der Waals surface area contributed by atoms with Crippen molar-refractivity contribution in [2.45, 2.75) is 40.0 Å². The van der Waals surface area contributed by atoms with E-state index in [1.54, 1.807) is 24.3 Å². The summed E-state index contributed by atoms with van der Waals surface area (Å²) in [7, 11) is 0. The van der Waals surface area contributed by atoms with E-state index in [-0.39, 0.29) is 28.8 Å². The fraction of sp³-hybridized carbons (Fsp3) is 0.267. The first-order valence-corrected chi connectivity index (χ1v) is 13.9. The summed E-state index contributed by atoms with van der Waals surface area (Å²) in [4.78, 5) is 30.7. The number of hydrogen-bond donors (Lipinski definition) is 1. The predicted molar refractivity (Wildman–Crippen MR) is 163 cm³/mol. The Morgan fingerprint density at radius 3 is 2.60 bits per heavy atom. The molecule has 0 fully saturated rings. The van der Waals surface area contributed by atoms with E-state index >= 15 is 0 Å². The molecule has 4 aromatic rings. The Kier molecular flexibility index (Phi) is 8.95. The van der Waals surface area contributed by atoms with Gasteiger partial charge >= 0.3 is 0 Å². The van der Waals surface area contributed by atoms with E-state index in [0.29, 0.717) is 40.3 Å². The molecule has 1 aromatic heterocycles. The van der Waals surface area contributed by atoms with Crippen LogP contribution in [0.2, 0.25) is 5.02 Å². The largest absolute Gasteiger partial charge is 0.490 e. The number of hydrogen-bond acceptors (Lipinski definition) is 6. The van der Waals surface area contributed by atoms with Crippen molar-refractivity contribution in [3.8, 4) is 11.5 Å². The highest BCUT2D eigenvalue weighted by atomic mass is 79.9. The highest BCUT2D eigenvalue weighted by Crippen LogP contribution is 2.36. The molecule has 0 aliphatic rings. The Balaban J connectivity index is 1.64. The van der Waals surface area contributed by atoms with Gasteiger partial charge in [-0.1, -0.05) is 66.5 Å². The number of fused-ring (bicyclic) bond motifs is 1. The molecule has 3 aromatic carbocycles. The summed E-state index contributed by atoms with van der Waals surface area (Å²) >= 11 is 9.99. The molecule has 10 heteroatoms. The molecule has 40 heavy (non-hydrogen) atoms. The topological polar surface area (TPSA) is 94.8 Å². The van der Waals surface area contributed by atoms with Gasteiger partial charge in [-0.15, -0.1) is 0 Å². The molecule has 1 N–H and O–H groups in total. The SMILES string of the molecule is CCOc1cc(C=Nn2c(C(C)(C)C)nc3ccc(Br)cc3c2=O)cc(Cl)c1OCC(=O)Nc1ccccc1C. The zero-order chi connectivity index (χ0) is 29.0. The maximum absolute atomic E-state index is 13.4. The van der Waals surface area contributed by atoms with Gasteiger partial charge in [-0.05, 0) is 61.4 Å². The lowest BCUT2D eigenvalue weighted by molar-refractivity contribution is -0.118. The summed E-state index contributed by atoms with van der Waals surface area (Å²) in [6.45, 7) is 9.73. The number of carbonyl (C=O) groups excluding carboxylic acids is 1. The average Bonchev–Trinajstić information content (AvgIpc) is 2.89. The quantitative estimate of drug-likeness (QED) is 0.220. The predicted octanol–water partition coefficient (Wildman–Crippen LogP) is 6.72. The maximum Gasteiger partial charge on any atom is 0.282 e. The molecule has 0 radical (unpaired) electrons. The van der Waals surface area contributed by atoms with Gasteiger partial charge in [-0.2, -0.15) is 9.78 Å². The molecular formula is C30H30BrClN4O4. The molecule has 0 saturated carbocycles. The van der Waals surface area contributed by atoms with Gasteiger partial charge in [0, 0.05) is 15.6 Å². The number of nitrogens with zero attached hydrogens (tertiary/aromatic N) is 3. The minimum absolute atomic E-state index is 0.236. The molecule has 0 unspecified atom stereocenters. The number of aryl methyl sites for hydroxylation is 1. The maximum atomic E-state index is 13.4. The van der Waals surface area contributed by atoms with Crippen LogP contribution in [0.3, 0.4) is 0 Å². The molecule has 208 valence electrons. The summed E-state index contributed by atoms with van der Waals surface area (Å²) in [6.07, 6.45) is 1.52. The molecule has 0 bridgehead atoms. The van der Waals surface area contributed by atoms with Gasteiger partial charge < -0.3 is 14.8 Å². The summed E-state index contributed by atoms with van der Waals surface area (Å²) in [6, 6.07) is 16.2. The van der Waals surface area contributed by atoms with Crippen LogP contribution >= 0.6 is 27.5 Å². The molecular weight excluding hydrogens is 596 g/mol. The number of rotatable bonds is 8. The van der Waals surface area contributed by atoms with Crippen LogP contribution in [0.5, 0.6) is 11.5 Å². The van der Waals surface area contributed by atoms with Gasteiger partial charge in [0.05, 0.1) is 28.7 Å². The molecule has 0 spiro atoms. The fourth-order valence-corrected chi connectivity index (χ4v) is 4.60. The van der Waals surface area contributed by atoms with Crippen LogP contribution in [-0.4, -0.2) is 35.0 Å². The van der Waals surface area contributed by atoms with Crippen LogP contribution in [0.25, 0.3) is 10.9 Å². The van der Waals surface area contributed by atoms with E-state index in [1.165, 1.54) is 10.9 Å². The minimum Gasteiger partial charge on any atom is -0.490 e. The molecule has 1 heterocycles. The van der Waals surface area contributed by atoms with E-state index in [9.17, 15) is 9.59 Å². The van der Waals surface area contributed by atoms with Crippen LogP contribution in [0.4, 0.5) is 5.69 Å². The molecule has 1 amide bonds. The van der Waals surface area contributed by atoms with E-state index in [0.717, 1.165) is 10.0 Å². The monoisotopic (exact) mass is 624 g/mol. The lowest BCUT2D eigenvalue weighted by Crippen LogP contribution is -2.29. The van der Waals surface area contributed by atoms with Crippen LogP contribution < -0.4 is 20.3 Å². The molecule has 0 aliphatic heterocycles. The normalized spacial score (nSPS) is 11.7. The van der Waals surface area contributed by atoms with Gasteiger partial charge in [0.2, 0.25) is 0 Å². The minimum atomic E-state index is -0.456. The van der Waals surface area contributed by atoms with Crippen LogP contribution in [0.15, 0.2) is 69.0 Å². The number of aromatic nitrogens is 2. The molecule has 0 atom stereocenters. The third-order valence-electron chi connectivity index (χ3n) is 5.90. The highest BCUT2D eigenvalue weighted by Gasteiger charge is 2.23. The number of amides is 1. The van der Waals surface area contributed by atoms with E-state index in [1.807, 2.05) is 65.0 Å². The van der Waals surface area contributed by atoms with Crippen molar-refractivity contribution >= 4 is 56.2 Å². The van der Waals surface area contributed by atoms with Crippen LogP contribution in [-0.2, 0) is 10.2 Å². The Morgan fingerprint density at radius 1 is 1.15 bits per heavy atom. The third kappa shape index (κ3) is 6.71. The van der Waals surface area contributed by atoms with Gasteiger partial charge in [0.15, 0.2) is 18.1 Å². The number of anilines is 1. The lowest BCUT2D eigenvalue weighted by Gasteiger charge is -2.21. The van der Waals surface area contributed by atoms with E-state index in [4.69, 9.17) is 26.1 Å².